The highest BCUT2D eigenvalue weighted by molar-refractivity contribution is 5.92. The van der Waals surface area contributed by atoms with Gasteiger partial charge in [-0.15, -0.1) is 0 Å². The van der Waals surface area contributed by atoms with Crippen LogP contribution in [0, 0.1) is 24.2 Å². The number of hydrogen-bond acceptors (Lipinski definition) is 4. The van der Waals surface area contributed by atoms with Crippen molar-refractivity contribution in [1.29, 1.82) is 0 Å². The number of fused-ring (bicyclic) bond motifs is 1. The Morgan fingerprint density at radius 1 is 1.45 bits per heavy atom. The molecule has 0 radical (unpaired) electrons. The third-order valence-corrected chi connectivity index (χ3v) is 4.71. The Balaban J connectivity index is 1.82. The Morgan fingerprint density at radius 3 is 2.80 bits per heavy atom. The minimum Gasteiger partial charge on any atom is -0.338 e. The second-order valence-corrected chi connectivity index (χ2v) is 6.18. The van der Waals surface area contributed by atoms with Crippen molar-refractivity contribution in [2.75, 3.05) is 6.54 Å². The number of rotatable bonds is 3. The number of carbonyl (C=O) groups is 2. The van der Waals surface area contributed by atoms with Gasteiger partial charge < -0.3 is 10.2 Å². The van der Waals surface area contributed by atoms with Crippen LogP contribution in [0.2, 0.25) is 0 Å². The Hall–Kier alpha value is -1.98. The summed E-state index contributed by atoms with van der Waals surface area (Å²) in [6.07, 6.45) is 3.51. The molecule has 0 spiro atoms. The molecule has 6 nitrogen and oxygen atoms in total. The van der Waals surface area contributed by atoms with Crippen molar-refractivity contribution < 1.29 is 9.59 Å². The predicted octanol–water partition coefficient (Wildman–Crippen LogP) is 0.585. The van der Waals surface area contributed by atoms with Crippen molar-refractivity contribution in [3.63, 3.8) is 0 Å². The second-order valence-electron chi connectivity index (χ2n) is 6.18. The number of nitrogens with zero attached hydrogens (tertiary/aromatic N) is 3. The van der Waals surface area contributed by atoms with Gasteiger partial charge >= 0.3 is 0 Å². The first-order valence-corrected chi connectivity index (χ1v) is 6.76. The van der Waals surface area contributed by atoms with Crippen molar-refractivity contribution in [3.05, 3.63) is 23.8 Å². The van der Waals surface area contributed by atoms with Gasteiger partial charge in [-0.1, -0.05) is 13.8 Å². The first-order valence-electron chi connectivity index (χ1n) is 6.76. The molecule has 2 fully saturated rings. The van der Waals surface area contributed by atoms with E-state index in [1.165, 1.54) is 6.20 Å². The van der Waals surface area contributed by atoms with Crippen LogP contribution in [0.4, 0.5) is 0 Å². The van der Waals surface area contributed by atoms with Crippen molar-refractivity contribution in [2.45, 2.75) is 26.9 Å². The highest BCUT2D eigenvalue weighted by Crippen LogP contribution is 2.64. The second kappa shape index (κ2) is 4.26. The predicted molar refractivity (Wildman–Crippen MR) is 71.6 cm³/mol. The van der Waals surface area contributed by atoms with Gasteiger partial charge in [-0.2, -0.15) is 0 Å². The molecule has 1 aliphatic heterocycles. The number of hydrogen-bond donors (Lipinski definition) is 1. The molecule has 2 amide bonds. The zero-order valence-electron chi connectivity index (χ0n) is 11.8. The lowest BCUT2D eigenvalue weighted by molar-refractivity contribution is -0.111. The molecule has 20 heavy (non-hydrogen) atoms. The minimum absolute atomic E-state index is 0.167. The van der Waals surface area contributed by atoms with E-state index >= 15 is 0 Å². The fourth-order valence-corrected chi connectivity index (χ4v) is 3.40. The first-order chi connectivity index (χ1) is 9.46. The molecule has 0 aromatic carbocycles. The summed E-state index contributed by atoms with van der Waals surface area (Å²) in [5.41, 5.74) is 1.29. The molecule has 2 heterocycles. The van der Waals surface area contributed by atoms with Gasteiger partial charge in [0, 0.05) is 18.7 Å². The van der Waals surface area contributed by atoms with Crippen LogP contribution in [0.15, 0.2) is 12.4 Å². The summed E-state index contributed by atoms with van der Waals surface area (Å²) in [4.78, 5) is 33.2. The maximum Gasteiger partial charge on any atom is 0.275 e. The smallest absolute Gasteiger partial charge is 0.275 e. The zero-order chi connectivity index (χ0) is 14.5. The number of piperidine rings is 1. The van der Waals surface area contributed by atoms with Gasteiger partial charge in [0.2, 0.25) is 6.41 Å². The summed E-state index contributed by atoms with van der Waals surface area (Å²) >= 11 is 0. The molecule has 1 saturated carbocycles. The number of carbonyl (C=O) groups excluding carboxylic acids is 2. The Bertz CT molecular complexity index is 555. The Morgan fingerprint density at radius 2 is 2.20 bits per heavy atom. The summed E-state index contributed by atoms with van der Waals surface area (Å²) in [5, 5.41) is 2.78. The third-order valence-electron chi connectivity index (χ3n) is 4.71. The summed E-state index contributed by atoms with van der Waals surface area (Å²) < 4.78 is 0. The lowest BCUT2D eigenvalue weighted by Gasteiger charge is -2.30. The van der Waals surface area contributed by atoms with Gasteiger partial charge in [-0.3, -0.25) is 14.6 Å². The summed E-state index contributed by atoms with van der Waals surface area (Å²) in [7, 11) is 0. The van der Waals surface area contributed by atoms with Gasteiger partial charge in [-0.25, -0.2) is 4.98 Å². The van der Waals surface area contributed by atoms with Gasteiger partial charge in [-0.05, 0) is 18.3 Å². The van der Waals surface area contributed by atoms with Crippen LogP contribution < -0.4 is 5.32 Å². The Labute approximate surface area is 117 Å². The molecule has 1 aliphatic carbocycles. The fourth-order valence-electron chi connectivity index (χ4n) is 3.40. The maximum absolute atomic E-state index is 12.5. The molecule has 1 aromatic heterocycles. The van der Waals surface area contributed by atoms with Crippen LogP contribution in [-0.4, -0.2) is 39.9 Å². The summed E-state index contributed by atoms with van der Waals surface area (Å²) in [6, 6.07) is 0. The van der Waals surface area contributed by atoms with Gasteiger partial charge in [0.15, 0.2) is 0 Å². The summed E-state index contributed by atoms with van der Waals surface area (Å²) in [5.74, 6) is 0.609. The molecule has 6 heteroatoms. The van der Waals surface area contributed by atoms with E-state index in [1.807, 2.05) is 6.92 Å². The number of likely N-dealkylation sites (tertiary alicyclic amines) is 1. The van der Waals surface area contributed by atoms with Crippen LogP contribution in [0.25, 0.3) is 0 Å². The SMILES string of the molecule is Cc1cnc(C(=O)N2C[C@H]3[C@@H]([C@H]2NC=O)C3(C)C)cn1. The quantitative estimate of drug-likeness (QED) is 0.818. The van der Waals surface area contributed by atoms with E-state index in [4.69, 9.17) is 0 Å². The Kier molecular flexibility index (Phi) is 2.77. The molecule has 0 unspecified atom stereocenters. The lowest BCUT2D eigenvalue weighted by atomic mass is 10.0. The lowest BCUT2D eigenvalue weighted by Crippen LogP contribution is -2.48. The van der Waals surface area contributed by atoms with Crippen molar-refractivity contribution in [2.24, 2.45) is 17.3 Å². The molecule has 3 atom stereocenters. The van der Waals surface area contributed by atoms with E-state index < -0.39 is 0 Å². The van der Waals surface area contributed by atoms with Crippen LogP contribution in [0.1, 0.15) is 30.0 Å². The van der Waals surface area contributed by atoms with Gasteiger partial charge in [0.05, 0.1) is 11.9 Å². The van der Waals surface area contributed by atoms with Crippen molar-refractivity contribution in [3.8, 4) is 0 Å². The molecule has 2 aliphatic rings. The number of nitrogens with one attached hydrogen (secondary N) is 1. The highest BCUT2D eigenvalue weighted by Gasteiger charge is 2.67. The molecular formula is C14H18N4O2. The largest absolute Gasteiger partial charge is 0.338 e. The molecule has 0 bridgehead atoms. The van der Waals surface area contributed by atoms with Crippen LogP contribution in [0.3, 0.4) is 0 Å². The van der Waals surface area contributed by atoms with E-state index in [9.17, 15) is 9.59 Å². The van der Waals surface area contributed by atoms with Crippen LogP contribution in [0.5, 0.6) is 0 Å². The topological polar surface area (TPSA) is 75.2 Å². The number of aryl methyl sites for hydroxylation is 1. The first kappa shape index (κ1) is 13.0. The van der Waals surface area contributed by atoms with Gasteiger partial charge in [0.25, 0.3) is 5.91 Å². The third kappa shape index (κ3) is 1.78. The van der Waals surface area contributed by atoms with Gasteiger partial charge in [0.1, 0.15) is 11.9 Å². The minimum atomic E-state index is -0.233. The van der Waals surface area contributed by atoms with E-state index in [2.05, 4.69) is 29.1 Å². The summed E-state index contributed by atoms with van der Waals surface area (Å²) in [6.45, 7) is 6.84. The number of aromatic nitrogens is 2. The van der Waals surface area contributed by atoms with E-state index in [1.54, 1.807) is 11.1 Å². The normalized spacial score (nSPS) is 29.8. The maximum atomic E-state index is 12.5. The van der Waals surface area contributed by atoms with E-state index in [0.29, 0.717) is 30.5 Å². The average molecular weight is 274 g/mol. The molecule has 1 saturated heterocycles. The monoisotopic (exact) mass is 274 g/mol. The fraction of sp³-hybridized carbons (Fsp3) is 0.571. The molecule has 3 rings (SSSR count). The van der Waals surface area contributed by atoms with E-state index in [0.717, 1.165) is 5.69 Å². The zero-order valence-corrected chi connectivity index (χ0v) is 11.8. The van der Waals surface area contributed by atoms with Crippen molar-refractivity contribution >= 4 is 12.3 Å². The molecule has 106 valence electrons. The highest BCUT2D eigenvalue weighted by atomic mass is 16.2. The molecule has 1 N–H and O–H groups in total. The van der Waals surface area contributed by atoms with Crippen molar-refractivity contribution in [1.82, 2.24) is 20.2 Å². The van der Waals surface area contributed by atoms with E-state index in [-0.39, 0.29) is 17.5 Å². The average Bonchev–Trinajstić information content (AvgIpc) is 2.77. The molecule has 1 aromatic rings. The van der Waals surface area contributed by atoms with Crippen LogP contribution in [-0.2, 0) is 4.79 Å². The van der Waals surface area contributed by atoms with Crippen LogP contribution >= 0.6 is 0 Å². The number of amides is 2. The standard InChI is InChI=1S/C14H18N4O2/c1-8-4-16-10(5-15-8)13(20)18-6-9-11(14(9,2)3)12(18)17-7-19/h4-5,7,9,11-12H,6H2,1-3H3,(H,17,19)/t9-,11-,12-/m0/s1. The molecular weight excluding hydrogens is 256 g/mol.